The number of halogens is 3. The minimum atomic E-state index is -4.40. The number of rotatable bonds is 0. The molecule has 0 fully saturated rings. The molecule has 0 atom stereocenters. The molecule has 1 N–H and O–H groups in total. The fourth-order valence-electron chi connectivity index (χ4n) is 0. The Morgan fingerprint density at radius 1 is 1.29 bits per heavy atom. The van der Waals surface area contributed by atoms with Crippen LogP contribution in [0.3, 0.4) is 0 Å². The summed E-state index contributed by atoms with van der Waals surface area (Å²) in [6.07, 6.45) is -4.40. The molecule has 0 aromatic carbocycles. The molecule has 0 rings (SSSR count). The smallest absolute Gasteiger partial charge is 0.387 e. The van der Waals surface area contributed by atoms with Crippen molar-refractivity contribution >= 4 is 0 Å². The molecule has 0 aromatic rings. The molecule has 0 saturated heterocycles. The van der Waals surface area contributed by atoms with Crippen molar-refractivity contribution in [1.82, 2.24) is 0 Å². The fourth-order valence-corrected chi connectivity index (χ4v) is 0. The predicted octanol–water partition coefficient (Wildman–Crippen LogP) is 0.539. The van der Waals surface area contributed by atoms with E-state index in [2.05, 4.69) is 0 Å². The van der Waals surface area contributed by atoms with Gasteiger partial charge in [0.1, 0.15) is 6.61 Å². The van der Waals surface area contributed by atoms with Crippen molar-refractivity contribution in [3.05, 3.63) is 0 Å². The second kappa shape index (κ2) is 3.46. The van der Waals surface area contributed by atoms with Crippen LogP contribution in [0, 0.1) is 0 Å². The zero-order valence-corrected chi connectivity index (χ0v) is 4.85. The van der Waals surface area contributed by atoms with Gasteiger partial charge in [0.15, 0.2) is 0 Å². The Bertz CT molecular complexity index is 42.7. The van der Waals surface area contributed by atoms with Crippen LogP contribution in [-0.4, -0.2) is 17.9 Å². The number of hydrogen-bond acceptors (Lipinski definition) is 1. The summed E-state index contributed by atoms with van der Waals surface area (Å²) in [5, 5.41) is 7.28. The van der Waals surface area contributed by atoms with E-state index in [0.717, 1.165) is 0 Å². The van der Waals surface area contributed by atoms with E-state index >= 15 is 0 Å². The van der Waals surface area contributed by atoms with Crippen LogP contribution in [-0.2, 0) is 21.7 Å². The largest absolute Gasteiger partial charge is 0.411 e. The molecule has 0 aliphatic carbocycles. The molecule has 1 nitrogen and oxygen atoms in total. The summed E-state index contributed by atoms with van der Waals surface area (Å²) < 4.78 is 31.6. The molecular formula is C2H3F3OTi. The van der Waals surface area contributed by atoms with Crippen LogP contribution in [0.2, 0.25) is 0 Å². The van der Waals surface area contributed by atoms with E-state index in [1.54, 1.807) is 0 Å². The molecule has 0 unspecified atom stereocenters. The summed E-state index contributed by atoms with van der Waals surface area (Å²) in [4.78, 5) is 0. The molecule has 0 bridgehead atoms. The maximum atomic E-state index is 10.5. The van der Waals surface area contributed by atoms with Crippen LogP contribution in [0.25, 0.3) is 0 Å². The molecule has 0 spiro atoms. The molecular weight excluding hydrogens is 145 g/mol. The Morgan fingerprint density at radius 2 is 1.43 bits per heavy atom. The van der Waals surface area contributed by atoms with Crippen molar-refractivity contribution in [3.63, 3.8) is 0 Å². The third-order valence-corrected chi connectivity index (χ3v) is 0.179. The molecule has 42 valence electrons. The van der Waals surface area contributed by atoms with Gasteiger partial charge in [0.2, 0.25) is 0 Å². The van der Waals surface area contributed by atoms with E-state index in [1.165, 1.54) is 0 Å². The first kappa shape index (κ1) is 10.4. The molecule has 0 aromatic heterocycles. The number of aliphatic hydroxyl groups is 1. The van der Waals surface area contributed by atoms with Crippen LogP contribution in [0.15, 0.2) is 0 Å². The van der Waals surface area contributed by atoms with Crippen LogP contribution in [0.1, 0.15) is 0 Å². The zero-order valence-electron chi connectivity index (χ0n) is 3.29. The summed E-state index contributed by atoms with van der Waals surface area (Å²) in [6.45, 7) is -1.73. The van der Waals surface area contributed by atoms with Gasteiger partial charge in [-0.3, -0.25) is 0 Å². The quantitative estimate of drug-likeness (QED) is 0.497. The van der Waals surface area contributed by atoms with Gasteiger partial charge in [-0.1, -0.05) is 0 Å². The number of aliphatic hydroxyl groups excluding tert-OH is 1. The third-order valence-electron chi connectivity index (χ3n) is 0.179. The summed E-state index contributed by atoms with van der Waals surface area (Å²) >= 11 is 0. The van der Waals surface area contributed by atoms with Crippen molar-refractivity contribution in [2.24, 2.45) is 0 Å². The van der Waals surface area contributed by atoms with Gasteiger partial charge in [0.25, 0.3) is 0 Å². The Balaban J connectivity index is 0. The molecule has 7 heavy (non-hydrogen) atoms. The minimum Gasteiger partial charge on any atom is -0.387 e. The monoisotopic (exact) mass is 148 g/mol. The van der Waals surface area contributed by atoms with Gasteiger partial charge in [-0.05, 0) is 0 Å². The number of alkyl halides is 3. The Kier molecular flexibility index (Phi) is 5.17. The van der Waals surface area contributed by atoms with E-state index in [1.807, 2.05) is 0 Å². The van der Waals surface area contributed by atoms with Crippen molar-refractivity contribution in [1.29, 1.82) is 0 Å². The summed E-state index contributed by atoms with van der Waals surface area (Å²) in [5.74, 6) is 0. The topological polar surface area (TPSA) is 20.2 Å². The summed E-state index contributed by atoms with van der Waals surface area (Å²) in [7, 11) is 0. The molecule has 5 heteroatoms. The van der Waals surface area contributed by atoms with Crippen molar-refractivity contribution in [3.8, 4) is 0 Å². The SMILES string of the molecule is OCC(F)(F)F.[Ti]. The van der Waals surface area contributed by atoms with E-state index in [0.29, 0.717) is 0 Å². The number of hydrogen-bond donors (Lipinski definition) is 1. The van der Waals surface area contributed by atoms with E-state index in [4.69, 9.17) is 5.11 Å². The van der Waals surface area contributed by atoms with Crippen LogP contribution >= 0.6 is 0 Å². The normalized spacial score (nSPS) is 10.3. The Hall–Kier alpha value is 0.464. The molecule has 0 aliphatic heterocycles. The minimum absolute atomic E-state index is 0. The second-order valence-electron chi connectivity index (χ2n) is 0.773. The van der Waals surface area contributed by atoms with Gasteiger partial charge >= 0.3 is 6.18 Å². The predicted molar refractivity (Wildman–Crippen MR) is 13.1 cm³/mol. The fraction of sp³-hybridized carbons (Fsp3) is 1.00. The van der Waals surface area contributed by atoms with Gasteiger partial charge in [-0.15, -0.1) is 0 Å². The first-order valence-corrected chi connectivity index (χ1v) is 1.24. The molecule has 0 saturated carbocycles. The maximum absolute atomic E-state index is 10.5. The standard InChI is InChI=1S/C2H3F3O.Ti/c3-2(4,5)1-6;/h6H,1H2;. The Labute approximate surface area is 53.4 Å². The Morgan fingerprint density at radius 3 is 1.43 bits per heavy atom. The maximum Gasteiger partial charge on any atom is 0.411 e. The zero-order chi connectivity index (χ0) is 5.21. The van der Waals surface area contributed by atoms with Gasteiger partial charge in [-0.2, -0.15) is 13.2 Å². The van der Waals surface area contributed by atoms with E-state index in [-0.39, 0.29) is 21.7 Å². The average molecular weight is 148 g/mol. The van der Waals surface area contributed by atoms with Gasteiger partial charge in [-0.25, -0.2) is 0 Å². The average Bonchev–Trinajstić information content (AvgIpc) is 1.35. The van der Waals surface area contributed by atoms with Crippen molar-refractivity contribution in [2.45, 2.75) is 6.18 Å². The first-order chi connectivity index (χ1) is 2.56. The molecule has 0 aliphatic rings. The summed E-state index contributed by atoms with van der Waals surface area (Å²) in [6, 6.07) is 0. The van der Waals surface area contributed by atoms with Crippen LogP contribution < -0.4 is 0 Å². The van der Waals surface area contributed by atoms with Crippen LogP contribution in [0.5, 0.6) is 0 Å². The second-order valence-corrected chi connectivity index (χ2v) is 0.773. The van der Waals surface area contributed by atoms with Crippen molar-refractivity contribution in [2.75, 3.05) is 6.61 Å². The molecule has 0 amide bonds. The van der Waals surface area contributed by atoms with E-state index < -0.39 is 12.8 Å². The van der Waals surface area contributed by atoms with Gasteiger partial charge in [0, 0.05) is 21.7 Å². The van der Waals surface area contributed by atoms with Crippen molar-refractivity contribution < 1.29 is 40.0 Å². The van der Waals surface area contributed by atoms with Gasteiger partial charge in [0.05, 0.1) is 0 Å². The molecule has 0 heterocycles. The van der Waals surface area contributed by atoms with E-state index in [9.17, 15) is 13.2 Å². The molecule has 0 radical (unpaired) electrons. The third kappa shape index (κ3) is 10.7. The van der Waals surface area contributed by atoms with Crippen LogP contribution in [0.4, 0.5) is 13.2 Å². The summed E-state index contributed by atoms with van der Waals surface area (Å²) in [5.41, 5.74) is 0. The van der Waals surface area contributed by atoms with Gasteiger partial charge < -0.3 is 5.11 Å². The first-order valence-electron chi connectivity index (χ1n) is 1.24.